The maximum atomic E-state index is 12.1. The molecule has 5 heteroatoms. The van der Waals surface area contributed by atoms with E-state index in [1.165, 1.54) is 12.8 Å². The van der Waals surface area contributed by atoms with Gasteiger partial charge in [0.25, 0.3) is 0 Å². The molecular formula is C16H34N4O. The Morgan fingerprint density at radius 2 is 1.95 bits per heavy atom. The Balaban J connectivity index is 2.22. The Kier molecular flexibility index (Phi) is 8.04. The van der Waals surface area contributed by atoms with Crippen LogP contribution in [-0.2, 0) is 0 Å². The highest BCUT2D eigenvalue weighted by Crippen LogP contribution is 2.16. The van der Waals surface area contributed by atoms with Crippen molar-refractivity contribution in [3.63, 3.8) is 0 Å². The average Bonchev–Trinajstić information content (AvgIpc) is 2.45. The lowest BCUT2D eigenvalue weighted by molar-refractivity contribution is 0.168. The van der Waals surface area contributed by atoms with Gasteiger partial charge in [0.1, 0.15) is 0 Å². The van der Waals surface area contributed by atoms with Crippen LogP contribution in [0.25, 0.3) is 0 Å². The van der Waals surface area contributed by atoms with E-state index in [2.05, 4.69) is 42.9 Å². The van der Waals surface area contributed by atoms with Crippen LogP contribution in [0.15, 0.2) is 0 Å². The van der Waals surface area contributed by atoms with Gasteiger partial charge in [-0.05, 0) is 59.3 Å². The van der Waals surface area contributed by atoms with Crippen molar-refractivity contribution in [2.24, 2.45) is 5.92 Å². The summed E-state index contributed by atoms with van der Waals surface area (Å²) in [6, 6.07) is 0.595. The number of nitrogens with one attached hydrogen (secondary N) is 1. The molecule has 124 valence electrons. The minimum atomic E-state index is 0.0636. The van der Waals surface area contributed by atoms with Crippen molar-refractivity contribution in [3.8, 4) is 0 Å². The first kappa shape index (κ1) is 18.2. The summed E-state index contributed by atoms with van der Waals surface area (Å²) in [5, 5.41) is 3.04. The Hall–Kier alpha value is -0.810. The van der Waals surface area contributed by atoms with E-state index in [1.807, 2.05) is 11.9 Å². The summed E-state index contributed by atoms with van der Waals surface area (Å²) in [5.74, 6) is 0.653. The summed E-state index contributed by atoms with van der Waals surface area (Å²) < 4.78 is 0. The van der Waals surface area contributed by atoms with E-state index in [1.54, 1.807) is 0 Å². The molecule has 21 heavy (non-hydrogen) atoms. The minimum absolute atomic E-state index is 0.0636. The number of nitrogens with zero attached hydrogens (tertiary/aromatic N) is 3. The molecule has 0 aliphatic carbocycles. The molecule has 0 saturated carbocycles. The fourth-order valence-electron chi connectivity index (χ4n) is 2.94. The van der Waals surface area contributed by atoms with Crippen LogP contribution < -0.4 is 5.32 Å². The summed E-state index contributed by atoms with van der Waals surface area (Å²) in [7, 11) is 4.08. The molecule has 1 aliphatic heterocycles. The Morgan fingerprint density at radius 3 is 2.48 bits per heavy atom. The van der Waals surface area contributed by atoms with Crippen LogP contribution in [0.3, 0.4) is 0 Å². The maximum absolute atomic E-state index is 12.1. The zero-order chi connectivity index (χ0) is 15.8. The van der Waals surface area contributed by atoms with Crippen LogP contribution in [0.5, 0.6) is 0 Å². The van der Waals surface area contributed by atoms with E-state index >= 15 is 0 Å². The van der Waals surface area contributed by atoms with Crippen LogP contribution >= 0.6 is 0 Å². The molecule has 1 saturated heterocycles. The highest BCUT2D eigenvalue weighted by molar-refractivity contribution is 5.73. The van der Waals surface area contributed by atoms with Gasteiger partial charge in [0.2, 0.25) is 0 Å². The summed E-state index contributed by atoms with van der Waals surface area (Å²) in [6.45, 7) is 12.4. The van der Waals surface area contributed by atoms with Gasteiger partial charge >= 0.3 is 6.03 Å². The zero-order valence-corrected chi connectivity index (χ0v) is 14.6. The number of carbonyl (C=O) groups excluding carboxylic acids is 1. The standard InChI is InChI=1S/C16H34N4O/c1-6-20(14(2)3)12-9-17-16(21)19(5)13-15-7-10-18(4)11-8-15/h14-15H,6-13H2,1-5H3,(H,17,21). The Labute approximate surface area is 130 Å². The van der Waals surface area contributed by atoms with Gasteiger partial charge < -0.3 is 15.1 Å². The topological polar surface area (TPSA) is 38.8 Å². The van der Waals surface area contributed by atoms with Crippen molar-refractivity contribution in [2.75, 3.05) is 53.4 Å². The SMILES string of the molecule is CCN(CCNC(=O)N(C)CC1CCN(C)CC1)C(C)C. The Bertz CT molecular complexity index is 301. The first-order chi connectivity index (χ1) is 9.93. The molecular weight excluding hydrogens is 264 g/mol. The molecule has 2 amide bonds. The number of hydrogen-bond donors (Lipinski definition) is 1. The molecule has 1 heterocycles. The molecule has 1 rings (SSSR count). The number of rotatable bonds is 7. The van der Waals surface area contributed by atoms with Gasteiger partial charge in [-0.3, -0.25) is 4.90 Å². The number of carbonyl (C=O) groups is 1. The van der Waals surface area contributed by atoms with Gasteiger partial charge in [-0.1, -0.05) is 6.92 Å². The zero-order valence-electron chi connectivity index (χ0n) is 14.6. The van der Waals surface area contributed by atoms with Crippen molar-refractivity contribution in [1.82, 2.24) is 20.0 Å². The second-order valence-electron chi connectivity index (χ2n) is 6.58. The highest BCUT2D eigenvalue weighted by Gasteiger charge is 2.20. The summed E-state index contributed by atoms with van der Waals surface area (Å²) in [5.41, 5.74) is 0. The summed E-state index contributed by atoms with van der Waals surface area (Å²) in [4.78, 5) is 18.7. The predicted octanol–water partition coefficient (Wildman–Crippen LogP) is 1.70. The first-order valence-electron chi connectivity index (χ1n) is 8.35. The van der Waals surface area contributed by atoms with Gasteiger partial charge in [-0.2, -0.15) is 0 Å². The maximum Gasteiger partial charge on any atom is 0.317 e. The minimum Gasteiger partial charge on any atom is -0.337 e. The summed E-state index contributed by atoms with van der Waals surface area (Å²) in [6.07, 6.45) is 2.40. The van der Waals surface area contributed by atoms with Crippen molar-refractivity contribution in [2.45, 2.75) is 39.7 Å². The molecule has 0 aromatic heterocycles. The fourth-order valence-corrected chi connectivity index (χ4v) is 2.94. The van der Waals surface area contributed by atoms with E-state index in [4.69, 9.17) is 0 Å². The van der Waals surface area contributed by atoms with Gasteiger partial charge in [-0.25, -0.2) is 4.79 Å². The average molecular weight is 298 g/mol. The van der Waals surface area contributed by atoms with E-state index in [0.717, 1.165) is 39.3 Å². The van der Waals surface area contributed by atoms with E-state index in [0.29, 0.717) is 12.0 Å². The number of urea groups is 1. The third-order valence-corrected chi connectivity index (χ3v) is 4.53. The largest absolute Gasteiger partial charge is 0.337 e. The highest BCUT2D eigenvalue weighted by atomic mass is 16.2. The molecule has 0 unspecified atom stereocenters. The van der Waals surface area contributed by atoms with Crippen molar-refractivity contribution < 1.29 is 4.79 Å². The number of piperidine rings is 1. The summed E-state index contributed by atoms with van der Waals surface area (Å²) >= 11 is 0. The van der Waals surface area contributed by atoms with Crippen LogP contribution in [-0.4, -0.2) is 80.1 Å². The number of likely N-dealkylation sites (N-methyl/N-ethyl adjacent to an activating group) is 1. The Morgan fingerprint density at radius 1 is 1.33 bits per heavy atom. The molecule has 0 spiro atoms. The van der Waals surface area contributed by atoms with Crippen molar-refractivity contribution >= 4 is 6.03 Å². The first-order valence-corrected chi connectivity index (χ1v) is 8.35. The number of likely N-dealkylation sites (tertiary alicyclic amines) is 1. The molecule has 0 aromatic carbocycles. The molecule has 0 atom stereocenters. The monoisotopic (exact) mass is 298 g/mol. The van der Waals surface area contributed by atoms with E-state index in [-0.39, 0.29) is 6.03 Å². The van der Waals surface area contributed by atoms with Crippen molar-refractivity contribution in [3.05, 3.63) is 0 Å². The number of amides is 2. The molecule has 0 radical (unpaired) electrons. The fraction of sp³-hybridized carbons (Fsp3) is 0.938. The number of hydrogen-bond acceptors (Lipinski definition) is 3. The van der Waals surface area contributed by atoms with Crippen molar-refractivity contribution in [1.29, 1.82) is 0 Å². The van der Waals surface area contributed by atoms with Crippen LogP contribution in [0.2, 0.25) is 0 Å². The van der Waals surface area contributed by atoms with E-state index in [9.17, 15) is 4.79 Å². The molecule has 1 N–H and O–H groups in total. The lowest BCUT2D eigenvalue weighted by Crippen LogP contribution is -2.45. The van der Waals surface area contributed by atoms with Gasteiger partial charge in [-0.15, -0.1) is 0 Å². The van der Waals surface area contributed by atoms with Crippen LogP contribution in [0.1, 0.15) is 33.6 Å². The molecule has 1 aliphatic rings. The lowest BCUT2D eigenvalue weighted by Gasteiger charge is -2.32. The van der Waals surface area contributed by atoms with Gasteiger partial charge in [0, 0.05) is 32.7 Å². The second kappa shape index (κ2) is 9.26. The second-order valence-corrected chi connectivity index (χ2v) is 6.58. The quantitative estimate of drug-likeness (QED) is 0.777. The molecule has 1 fully saturated rings. The third kappa shape index (κ3) is 6.66. The van der Waals surface area contributed by atoms with Gasteiger partial charge in [0.15, 0.2) is 0 Å². The predicted molar refractivity (Wildman–Crippen MR) is 88.6 cm³/mol. The molecule has 5 nitrogen and oxygen atoms in total. The normalized spacial score (nSPS) is 17.5. The van der Waals surface area contributed by atoms with Crippen LogP contribution in [0, 0.1) is 5.92 Å². The molecule has 0 aromatic rings. The van der Waals surface area contributed by atoms with E-state index < -0.39 is 0 Å². The van der Waals surface area contributed by atoms with Crippen LogP contribution in [0.4, 0.5) is 4.79 Å². The molecule has 0 bridgehead atoms. The third-order valence-electron chi connectivity index (χ3n) is 4.53. The smallest absolute Gasteiger partial charge is 0.317 e. The lowest BCUT2D eigenvalue weighted by atomic mass is 9.97. The van der Waals surface area contributed by atoms with Gasteiger partial charge in [0.05, 0.1) is 0 Å².